The third-order valence-electron chi connectivity index (χ3n) is 3.09. The van der Waals surface area contributed by atoms with Gasteiger partial charge < -0.3 is 15.2 Å². The van der Waals surface area contributed by atoms with Crippen molar-refractivity contribution < 1.29 is 9.47 Å². The fourth-order valence-electron chi connectivity index (χ4n) is 1.90. The largest absolute Gasteiger partial charge is 0.493 e. The first-order valence-electron chi connectivity index (χ1n) is 7.03. The number of nitrogens with one attached hydrogen (secondary N) is 1. The predicted octanol–water partition coefficient (Wildman–Crippen LogP) is 2.75. The van der Waals surface area contributed by atoms with Gasteiger partial charge in [-0.3, -0.25) is 5.43 Å². The highest BCUT2D eigenvalue weighted by Crippen LogP contribution is 2.28. The molecule has 5 nitrogen and oxygen atoms in total. The van der Waals surface area contributed by atoms with Crippen molar-refractivity contribution in [3.63, 3.8) is 0 Å². The molecule has 0 radical (unpaired) electrons. The van der Waals surface area contributed by atoms with Crippen LogP contribution in [0.1, 0.15) is 16.7 Å². The Balaban J connectivity index is 2.05. The number of nitrogens with zero attached hydrogens (tertiary/aromatic N) is 1. The molecular weight excluding hydrogens is 310 g/mol. The van der Waals surface area contributed by atoms with E-state index in [1.54, 1.807) is 13.3 Å². The van der Waals surface area contributed by atoms with Crippen molar-refractivity contribution in [3.05, 3.63) is 59.2 Å². The third kappa shape index (κ3) is 5.27. The summed E-state index contributed by atoms with van der Waals surface area (Å²) in [6.45, 7) is 2.53. The van der Waals surface area contributed by atoms with Crippen LogP contribution in [-0.2, 0) is 6.61 Å². The number of hydrogen-bond acceptors (Lipinski definition) is 4. The lowest BCUT2D eigenvalue weighted by Crippen LogP contribution is -2.23. The molecule has 0 unspecified atom stereocenters. The number of thiocarbonyl (C=S) groups is 1. The van der Waals surface area contributed by atoms with Crippen LogP contribution in [-0.4, -0.2) is 18.4 Å². The fraction of sp³-hybridized carbons (Fsp3) is 0.176. The SMILES string of the molecule is COc1cc(/C=N/NC(N)=S)ccc1OCc1ccc(C)cc1. The van der Waals surface area contributed by atoms with Crippen molar-refractivity contribution in [1.82, 2.24) is 5.43 Å². The van der Waals surface area contributed by atoms with E-state index in [2.05, 4.69) is 41.8 Å². The van der Waals surface area contributed by atoms with Crippen molar-refractivity contribution in [2.45, 2.75) is 13.5 Å². The number of hydrazone groups is 1. The molecule has 120 valence electrons. The molecule has 2 aromatic rings. The summed E-state index contributed by atoms with van der Waals surface area (Å²) in [6, 6.07) is 13.8. The van der Waals surface area contributed by atoms with Gasteiger partial charge in [0.1, 0.15) is 6.61 Å². The number of aryl methyl sites for hydroxylation is 1. The Morgan fingerprint density at radius 1 is 1.22 bits per heavy atom. The number of nitrogens with two attached hydrogens (primary N) is 1. The van der Waals surface area contributed by atoms with E-state index in [9.17, 15) is 0 Å². The van der Waals surface area contributed by atoms with E-state index >= 15 is 0 Å². The lowest BCUT2D eigenvalue weighted by molar-refractivity contribution is 0.284. The highest BCUT2D eigenvalue weighted by molar-refractivity contribution is 7.80. The van der Waals surface area contributed by atoms with Crippen LogP contribution < -0.4 is 20.6 Å². The van der Waals surface area contributed by atoms with Crippen molar-refractivity contribution in [2.24, 2.45) is 10.8 Å². The Hall–Kier alpha value is -2.60. The molecule has 0 spiro atoms. The Labute approximate surface area is 141 Å². The molecular formula is C17H19N3O2S. The number of ether oxygens (including phenoxy) is 2. The van der Waals surface area contributed by atoms with Gasteiger partial charge in [0.15, 0.2) is 16.6 Å². The lowest BCUT2D eigenvalue weighted by Gasteiger charge is -2.11. The maximum Gasteiger partial charge on any atom is 0.184 e. The highest BCUT2D eigenvalue weighted by atomic mass is 32.1. The monoisotopic (exact) mass is 329 g/mol. The molecule has 0 aliphatic rings. The first-order valence-corrected chi connectivity index (χ1v) is 7.44. The van der Waals surface area contributed by atoms with E-state index < -0.39 is 0 Å². The molecule has 23 heavy (non-hydrogen) atoms. The molecule has 0 aliphatic carbocycles. The maximum atomic E-state index is 5.83. The van der Waals surface area contributed by atoms with Crippen LogP contribution in [0.4, 0.5) is 0 Å². The zero-order chi connectivity index (χ0) is 16.7. The van der Waals surface area contributed by atoms with Gasteiger partial charge in [-0.05, 0) is 48.5 Å². The summed E-state index contributed by atoms with van der Waals surface area (Å²) in [5.41, 5.74) is 11.0. The second-order valence-corrected chi connectivity index (χ2v) is 5.36. The minimum absolute atomic E-state index is 0.117. The average Bonchev–Trinajstić information content (AvgIpc) is 2.54. The standard InChI is InChI=1S/C17H19N3O2S/c1-12-3-5-13(6-4-12)11-22-15-8-7-14(9-16(15)21-2)10-19-20-17(18)23/h3-10H,11H2,1-2H3,(H3,18,20,23)/b19-10+. The summed E-state index contributed by atoms with van der Waals surface area (Å²) in [6.07, 6.45) is 1.60. The summed E-state index contributed by atoms with van der Waals surface area (Å²) in [4.78, 5) is 0. The van der Waals surface area contributed by atoms with Crippen LogP contribution in [0, 0.1) is 6.92 Å². The molecule has 0 atom stereocenters. The molecule has 6 heteroatoms. The topological polar surface area (TPSA) is 68.9 Å². The molecule has 0 amide bonds. The van der Waals surface area contributed by atoms with E-state index in [4.69, 9.17) is 15.2 Å². The highest BCUT2D eigenvalue weighted by Gasteiger charge is 2.05. The summed E-state index contributed by atoms with van der Waals surface area (Å²) < 4.78 is 11.2. The van der Waals surface area contributed by atoms with Gasteiger partial charge in [0.25, 0.3) is 0 Å². The van der Waals surface area contributed by atoms with Gasteiger partial charge in [0.05, 0.1) is 13.3 Å². The smallest absolute Gasteiger partial charge is 0.184 e. The number of hydrogen-bond donors (Lipinski definition) is 2. The molecule has 0 heterocycles. The van der Waals surface area contributed by atoms with Gasteiger partial charge in [-0.25, -0.2) is 0 Å². The Morgan fingerprint density at radius 2 is 1.96 bits per heavy atom. The van der Waals surface area contributed by atoms with Crippen LogP contribution in [0.25, 0.3) is 0 Å². The van der Waals surface area contributed by atoms with E-state index in [1.165, 1.54) is 5.56 Å². The summed E-state index contributed by atoms with van der Waals surface area (Å²) in [5, 5.41) is 4.03. The Kier molecular flexibility index (Phi) is 5.94. The second-order valence-electron chi connectivity index (χ2n) is 4.92. The first kappa shape index (κ1) is 16.8. The molecule has 0 saturated heterocycles. The average molecular weight is 329 g/mol. The van der Waals surface area contributed by atoms with Crippen molar-refractivity contribution >= 4 is 23.5 Å². The van der Waals surface area contributed by atoms with Crippen LogP contribution in [0.2, 0.25) is 0 Å². The van der Waals surface area contributed by atoms with Crippen LogP contribution in [0.5, 0.6) is 11.5 Å². The van der Waals surface area contributed by atoms with Gasteiger partial charge in [0, 0.05) is 0 Å². The first-order chi connectivity index (χ1) is 11.1. The molecule has 2 aromatic carbocycles. The summed E-state index contributed by atoms with van der Waals surface area (Å²) >= 11 is 4.68. The van der Waals surface area contributed by atoms with Crippen molar-refractivity contribution in [1.29, 1.82) is 0 Å². The lowest BCUT2D eigenvalue weighted by atomic mass is 10.2. The fourth-order valence-corrected chi connectivity index (χ4v) is 1.95. The van der Waals surface area contributed by atoms with Crippen LogP contribution >= 0.6 is 12.2 Å². The van der Waals surface area contributed by atoms with E-state index in [0.717, 1.165) is 11.1 Å². The minimum Gasteiger partial charge on any atom is -0.493 e. The van der Waals surface area contributed by atoms with Crippen molar-refractivity contribution in [3.8, 4) is 11.5 Å². The van der Waals surface area contributed by atoms with E-state index in [-0.39, 0.29) is 5.11 Å². The van der Waals surface area contributed by atoms with Gasteiger partial charge in [-0.2, -0.15) is 5.10 Å². The van der Waals surface area contributed by atoms with Gasteiger partial charge in [-0.15, -0.1) is 0 Å². The molecule has 0 saturated carbocycles. The minimum atomic E-state index is 0.117. The number of benzene rings is 2. The molecule has 0 aliphatic heterocycles. The normalized spacial score (nSPS) is 10.5. The quantitative estimate of drug-likeness (QED) is 0.484. The zero-order valence-electron chi connectivity index (χ0n) is 13.1. The predicted molar refractivity (Wildman–Crippen MR) is 96.0 cm³/mol. The van der Waals surface area contributed by atoms with Gasteiger partial charge in [-0.1, -0.05) is 29.8 Å². The molecule has 0 aromatic heterocycles. The van der Waals surface area contributed by atoms with E-state index in [0.29, 0.717) is 18.1 Å². The Bertz CT molecular complexity index is 699. The van der Waals surface area contributed by atoms with Crippen molar-refractivity contribution in [2.75, 3.05) is 7.11 Å². The number of rotatable bonds is 6. The maximum absolute atomic E-state index is 5.83. The molecule has 0 fully saturated rings. The summed E-state index contributed by atoms with van der Waals surface area (Å²) in [7, 11) is 1.60. The number of methoxy groups -OCH3 is 1. The van der Waals surface area contributed by atoms with Gasteiger partial charge in [0.2, 0.25) is 0 Å². The van der Waals surface area contributed by atoms with Crippen LogP contribution in [0.15, 0.2) is 47.6 Å². The molecule has 0 bridgehead atoms. The third-order valence-corrected chi connectivity index (χ3v) is 3.18. The second kappa shape index (κ2) is 8.14. The van der Waals surface area contributed by atoms with Crippen LogP contribution in [0.3, 0.4) is 0 Å². The zero-order valence-corrected chi connectivity index (χ0v) is 13.9. The van der Waals surface area contributed by atoms with E-state index in [1.807, 2.05) is 30.3 Å². The molecule has 3 N–H and O–H groups in total. The Morgan fingerprint density at radius 3 is 2.61 bits per heavy atom. The van der Waals surface area contributed by atoms with Gasteiger partial charge >= 0.3 is 0 Å². The summed E-state index contributed by atoms with van der Waals surface area (Å²) in [5.74, 6) is 1.31. The molecule has 2 rings (SSSR count).